The fourth-order valence-electron chi connectivity index (χ4n) is 1.68. The number of hydrogen-bond acceptors (Lipinski definition) is 2. The number of benzene rings is 1. The van der Waals surface area contributed by atoms with E-state index in [1.807, 2.05) is 31.2 Å². The number of carbonyl (C=O) groups is 1. The summed E-state index contributed by atoms with van der Waals surface area (Å²) in [5, 5.41) is 3.94. The van der Waals surface area contributed by atoms with Crippen molar-refractivity contribution >= 4 is 17.5 Å². The maximum atomic E-state index is 11.6. The molecule has 0 saturated heterocycles. The van der Waals surface area contributed by atoms with Crippen molar-refractivity contribution in [2.45, 2.75) is 32.7 Å². The molecule has 1 amide bonds. The number of halogens is 1. The van der Waals surface area contributed by atoms with E-state index in [1.165, 1.54) is 0 Å². The molecular weight excluding hydrogens is 248 g/mol. The minimum atomic E-state index is -0.724. The van der Waals surface area contributed by atoms with Gasteiger partial charge in [0.2, 0.25) is 5.91 Å². The molecule has 0 saturated carbocycles. The monoisotopic (exact) mass is 268 g/mol. The first kappa shape index (κ1) is 15.0. The van der Waals surface area contributed by atoms with Crippen LogP contribution in [-0.2, 0) is 11.2 Å². The van der Waals surface area contributed by atoms with E-state index in [1.54, 1.807) is 0 Å². The number of nitrogens with two attached hydrogens (primary N) is 1. The fraction of sp³-hybridized carbons (Fsp3) is 0.500. The Bertz CT molecular complexity index is 403. The zero-order chi connectivity index (χ0) is 13.8. The third kappa shape index (κ3) is 4.31. The average molecular weight is 269 g/mol. The predicted octanol–water partition coefficient (Wildman–Crippen LogP) is 2.37. The smallest absolute Gasteiger partial charge is 0.237 e. The number of primary amides is 1. The largest absolute Gasteiger partial charge is 0.368 e. The third-order valence-corrected chi connectivity index (χ3v) is 3.17. The Morgan fingerprint density at radius 1 is 1.39 bits per heavy atom. The van der Waals surface area contributed by atoms with Crippen LogP contribution >= 0.6 is 11.6 Å². The summed E-state index contributed by atoms with van der Waals surface area (Å²) in [6.45, 7) is 6.78. The molecule has 1 aromatic rings. The van der Waals surface area contributed by atoms with Crippen LogP contribution in [0, 0.1) is 5.92 Å². The zero-order valence-corrected chi connectivity index (χ0v) is 11.9. The second kappa shape index (κ2) is 6.21. The van der Waals surface area contributed by atoms with Gasteiger partial charge in [-0.25, -0.2) is 0 Å². The van der Waals surface area contributed by atoms with Crippen molar-refractivity contribution in [2.75, 3.05) is 6.54 Å². The highest BCUT2D eigenvalue weighted by atomic mass is 35.5. The lowest BCUT2D eigenvalue weighted by Crippen LogP contribution is -2.55. The Hall–Kier alpha value is -1.06. The summed E-state index contributed by atoms with van der Waals surface area (Å²) in [6.07, 6.45) is 0.562. The Morgan fingerprint density at radius 2 is 1.94 bits per heavy atom. The van der Waals surface area contributed by atoms with Crippen LogP contribution in [0.15, 0.2) is 24.3 Å². The normalized spacial score (nSPS) is 14.5. The van der Waals surface area contributed by atoms with Crippen molar-refractivity contribution in [3.05, 3.63) is 34.9 Å². The molecule has 0 heterocycles. The fourth-order valence-corrected chi connectivity index (χ4v) is 1.80. The molecule has 0 bridgehead atoms. The first-order chi connectivity index (χ1) is 8.33. The first-order valence-corrected chi connectivity index (χ1v) is 6.50. The molecule has 3 nitrogen and oxygen atoms in total. The summed E-state index contributed by atoms with van der Waals surface area (Å²) < 4.78 is 0. The third-order valence-electron chi connectivity index (χ3n) is 2.92. The molecule has 0 aliphatic rings. The van der Waals surface area contributed by atoms with Gasteiger partial charge in [-0.15, -0.1) is 0 Å². The quantitative estimate of drug-likeness (QED) is 0.832. The number of carbonyl (C=O) groups excluding carboxylic acids is 1. The van der Waals surface area contributed by atoms with Gasteiger partial charge >= 0.3 is 0 Å². The van der Waals surface area contributed by atoms with Crippen LogP contribution in [0.5, 0.6) is 0 Å². The highest BCUT2D eigenvalue weighted by molar-refractivity contribution is 6.30. The molecule has 1 rings (SSSR count). The minimum Gasteiger partial charge on any atom is -0.368 e. The molecule has 18 heavy (non-hydrogen) atoms. The maximum Gasteiger partial charge on any atom is 0.237 e. The van der Waals surface area contributed by atoms with Crippen LogP contribution in [-0.4, -0.2) is 18.0 Å². The summed E-state index contributed by atoms with van der Waals surface area (Å²) >= 11 is 5.84. The van der Waals surface area contributed by atoms with Gasteiger partial charge in [0.25, 0.3) is 0 Å². The zero-order valence-electron chi connectivity index (χ0n) is 11.2. The first-order valence-electron chi connectivity index (χ1n) is 6.13. The van der Waals surface area contributed by atoms with Crippen molar-refractivity contribution in [1.82, 2.24) is 5.32 Å². The lowest BCUT2D eigenvalue weighted by atomic mass is 9.91. The predicted molar refractivity (Wildman–Crippen MR) is 75.6 cm³/mol. The summed E-state index contributed by atoms with van der Waals surface area (Å²) in [7, 11) is 0. The molecule has 0 aliphatic heterocycles. The van der Waals surface area contributed by atoms with Gasteiger partial charge in [0.15, 0.2) is 0 Å². The lowest BCUT2D eigenvalue weighted by molar-refractivity contribution is -0.123. The lowest BCUT2D eigenvalue weighted by Gasteiger charge is -2.28. The number of amides is 1. The van der Waals surface area contributed by atoms with E-state index in [-0.39, 0.29) is 5.91 Å². The molecule has 1 atom stereocenters. The van der Waals surface area contributed by atoms with Gasteiger partial charge in [0.05, 0.1) is 5.54 Å². The van der Waals surface area contributed by atoms with E-state index in [0.717, 1.165) is 12.1 Å². The van der Waals surface area contributed by atoms with Gasteiger partial charge in [0, 0.05) is 5.02 Å². The topological polar surface area (TPSA) is 55.1 Å². The number of rotatable bonds is 6. The van der Waals surface area contributed by atoms with Gasteiger partial charge in [-0.1, -0.05) is 37.6 Å². The van der Waals surface area contributed by atoms with Crippen LogP contribution in [0.25, 0.3) is 0 Å². The molecule has 0 fully saturated rings. The van der Waals surface area contributed by atoms with Gasteiger partial charge < -0.3 is 11.1 Å². The second-order valence-corrected chi connectivity index (χ2v) is 5.71. The van der Waals surface area contributed by atoms with Crippen LogP contribution < -0.4 is 11.1 Å². The van der Waals surface area contributed by atoms with Crippen molar-refractivity contribution in [2.24, 2.45) is 11.7 Å². The second-order valence-electron chi connectivity index (χ2n) is 5.27. The SMILES string of the molecule is CC(C)CNC(C)(Cc1ccc(Cl)cc1)C(N)=O. The molecule has 4 heteroatoms. The number of nitrogens with one attached hydrogen (secondary N) is 1. The molecule has 100 valence electrons. The summed E-state index contributed by atoms with van der Waals surface area (Å²) in [6, 6.07) is 7.47. The van der Waals surface area contributed by atoms with Gasteiger partial charge in [-0.05, 0) is 43.5 Å². The summed E-state index contributed by atoms with van der Waals surface area (Å²) in [4.78, 5) is 11.6. The molecule has 3 N–H and O–H groups in total. The number of hydrogen-bond donors (Lipinski definition) is 2. The van der Waals surface area contributed by atoms with Gasteiger partial charge in [-0.2, -0.15) is 0 Å². The molecular formula is C14H21ClN2O. The van der Waals surface area contributed by atoms with E-state index in [2.05, 4.69) is 19.2 Å². The Labute approximate surface area is 114 Å². The molecule has 0 radical (unpaired) electrons. The minimum absolute atomic E-state index is 0.335. The molecule has 1 unspecified atom stereocenters. The standard InChI is InChI=1S/C14H21ClN2O/c1-10(2)9-17-14(3,13(16)18)8-11-4-6-12(15)7-5-11/h4-7,10,17H,8-9H2,1-3H3,(H2,16,18). The van der Waals surface area contributed by atoms with Crippen LogP contribution in [0.4, 0.5) is 0 Å². The van der Waals surface area contributed by atoms with Gasteiger partial charge in [-0.3, -0.25) is 4.79 Å². The van der Waals surface area contributed by atoms with E-state index in [9.17, 15) is 4.79 Å². The molecule has 0 aromatic heterocycles. The van der Waals surface area contributed by atoms with Gasteiger partial charge in [0.1, 0.15) is 0 Å². The Balaban J connectivity index is 2.79. The molecule has 0 spiro atoms. The van der Waals surface area contributed by atoms with E-state index < -0.39 is 5.54 Å². The van der Waals surface area contributed by atoms with Crippen molar-refractivity contribution < 1.29 is 4.79 Å². The van der Waals surface area contributed by atoms with Crippen molar-refractivity contribution in [3.8, 4) is 0 Å². The summed E-state index contributed by atoms with van der Waals surface area (Å²) in [5.41, 5.74) is 5.82. The van der Waals surface area contributed by atoms with E-state index in [4.69, 9.17) is 17.3 Å². The summed E-state index contributed by atoms with van der Waals surface area (Å²) in [5.74, 6) is 0.131. The van der Waals surface area contributed by atoms with Crippen LogP contribution in [0.1, 0.15) is 26.3 Å². The van der Waals surface area contributed by atoms with Crippen molar-refractivity contribution in [3.63, 3.8) is 0 Å². The Kier molecular flexibility index (Phi) is 5.17. The molecule has 1 aromatic carbocycles. The average Bonchev–Trinajstić information content (AvgIpc) is 2.29. The van der Waals surface area contributed by atoms with E-state index in [0.29, 0.717) is 17.4 Å². The van der Waals surface area contributed by atoms with Crippen LogP contribution in [0.3, 0.4) is 0 Å². The van der Waals surface area contributed by atoms with Crippen molar-refractivity contribution in [1.29, 1.82) is 0 Å². The maximum absolute atomic E-state index is 11.6. The highest BCUT2D eigenvalue weighted by Crippen LogP contribution is 2.16. The van der Waals surface area contributed by atoms with Crippen LogP contribution in [0.2, 0.25) is 5.02 Å². The van der Waals surface area contributed by atoms with E-state index >= 15 is 0 Å². The molecule has 0 aliphatic carbocycles. The Morgan fingerprint density at radius 3 is 2.39 bits per heavy atom. The highest BCUT2D eigenvalue weighted by Gasteiger charge is 2.30.